The average Bonchev–Trinajstić information content (AvgIpc) is 3.04. The molecule has 7 atom stereocenters. The van der Waals surface area contributed by atoms with Crippen molar-refractivity contribution in [1.82, 2.24) is 0 Å². The van der Waals surface area contributed by atoms with Gasteiger partial charge >= 0.3 is 12.3 Å². The van der Waals surface area contributed by atoms with Gasteiger partial charge in [0.1, 0.15) is 12.2 Å². The van der Waals surface area contributed by atoms with E-state index in [0.29, 0.717) is 36.9 Å². The number of allylic oxidation sites excluding steroid dienone is 1. The van der Waals surface area contributed by atoms with Gasteiger partial charge in [0.25, 0.3) is 0 Å². The first kappa shape index (κ1) is 21.5. The minimum absolute atomic E-state index is 0.0202. The Kier molecular flexibility index (Phi) is 6.31. The molecule has 1 unspecified atom stereocenters. The largest absolute Gasteiger partial charge is 0.508 e. The highest BCUT2D eigenvalue weighted by molar-refractivity contribution is 5.60. The maximum atomic E-state index is 11.9. The van der Waals surface area contributed by atoms with Crippen molar-refractivity contribution in [2.45, 2.75) is 84.3 Å². The topological polar surface area (TPSA) is 71.1 Å². The molecular weight excluding hydrogens is 384 g/mol. The van der Waals surface area contributed by atoms with E-state index in [1.54, 1.807) is 6.92 Å². The summed E-state index contributed by atoms with van der Waals surface area (Å²) in [5.74, 6) is 2.63. The van der Waals surface area contributed by atoms with Gasteiger partial charge in [0.15, 0.2) is 0 Å². The molecule has 4 rings (SSSR count). The number of hydrogen-bond donors (Lipinski definition) is 0. The van der Waals surface area contributed by atoms with Crippen molar-refractivity contribution in [1.29, 1.82) is 0 Å². The van der Waals surface area contributed by atoms with Gasteiger partial charge in [-0.2, -0.15) is 0 Å². The van der Waals surface area contributed by atoms with Gasteiger partial charge in [-0.15, -0.1) is 0 Å². The van der Waals surface area contributed by atoms with Gasteiger partial charge < -0.3 is 18.9 Å². The Morgan fingerprint density at radius 1 is 0.933 bits per heavy atom. The van der Waals surface area contributed by atoms with Gasteiger partial charge in [-0.05, 0) is 95.0 Å². The van der Waals surface area contributed by atoms with E-state index < -0.39 is 12.3 Å². The van der Waals surface area contributed by atoms with Crippen LogP contribution in [-0.4, -0.2) is 37.7 Å². The minimum Gasteiger partial charge on any atom is -0.435 e. The highest BCUT2D eigenvalue weighted by atomic mass is 16.7. The number of ether oxygens (including phenoxy) is 4. The first-order valence-electron chi connectivity index (χ1n) is 11.8. The molecule has 4 aliphatic carbocycles. The lowest BCUT2D eigenvalue weighted by atomic mass is 9.52. The van der Waals surface area contributed by atoms with Crippen LogP contribution in [0.4, 0.5) is 9.59 Å². The zero-order chi connectivity index (χ0) is 21.3. The van der Waals surface area contributed by atoms with Crippen LogP contribution in [0.1, 0.15) is 72.1 Å². The van der Waals surface area contributed by atoms with Crippen LogP contribution < -0.4 is 0 Å². The molecule has 0 radical (unpaired) electrons. The standard InChI is InChI=1S/C24H36O6/c1-4-27-22(25)29-16-7-9-17-15(14-16)6-8-19-18(17)12-13-24(3)20(19)10-11-21(24)30-23(26)28-5-2/h14,16-21H,4-13H2,1-3H3/t16?,17-,18+,19+,20-,21-,24-/m0/s1. The first-order valence-corrected chi connectivity index (χ1v) is 11.8. The Labute approximate surface area is 179 Å². The van der Waals surface area contributed by atoms with Gasteiger partial charge in [0, 0.05) is 5.41 Å². The van der Waals surface area contributed by atoms with E-state index in [1.807, 2.05) is 6.92 Å². The number of carbonyl (C=O) groups is 2. The summed E-state index contributed by atoms with van der Waals surface area (Å²) in [7, 11) is 0. The molecule has 4 aliphatic rings. The molecule has 0 aromatic rings. The summed E-state index contributed by atoms with van der Waals surface area (Å²) in [6, 6.07) is 0. The summed E-state index contributed by atoms with van der Waals surface area (Å²) < 4.78 is 21.2. The van der Waals surface area contributed by atoms with E-state index in [0.717, 1.165) is 38.5 Å². The van der Waals surface area contributed by atoms with Crippen molar-refractivity contribution >= 4 is 12.3 Å². The summed E-state index contributed by atoms with van der Waals surface area (Å²) in [5, 5.41) is 0. The summed E-state index contributed by atoms with van der Waals surface area (Å²) in [5.41, 5.74) is 1.55. The normalized spacial score (nSPS) is 39.6. The molecule has 30 heavy (non-hydrogen) atoms. The lowest BCUT2D eigenvalue weighted by Crippen LogP contribution is -2.48. The molecule has 0 bridgehead atoms. The fourth-order valence-electron chi connectivity index (χ4n) is 7.08. The Hall–Kier alpha value is -1.72. The molecule has 0 aromatic heterocycles. The van der Waals surface area contributed by atoms with Crippen LogP contribution in [0.2, 0.25) is 0 Å². The van der Waals surface area contributed by atoms with E-state index in [2.05, 4.69) is 13.0 Å². The molecule has 0 amide bonds. The number of hydrogen-bond acceptors (Lipinski definition) is 6. The molecule has 3 saturated carbocycles. The van der Waals surface area contributed by atoms with Crippen LogP contribution in [-0.2, 0) is 18.9 Å². The molecule has 0 spiro atoms. The number of carbonyl (C=O) groups excluding carboxylic acids is 2. The van der Waals surface area contributed by atoms with Crippen molar-refractivity contribution in [3.05, 3.63) is 11.6 Å². The fourth-order valence-corrected chi connectivity index (χ4v) is 7.08. The highest BCUT2D eigenvalue weighted by Gasteiger charge is 2.57. The van der Waals surface area contributed by atoms with Crippen LogP contribution in [0.5, 0.6) is 0 Å². The lowest BCUT2D eigenvalue weighted by molar-refractivity contribution is -0.0734. The summed E-state index contributed by atoms with van der Waals surface area (Å²) in [6.07, 6.45) is 9.60. The molecule has 0 aromatic carbocycles. The molecule has 0 heterocycles. The predicted molar refractivity (Wildman–Crippen MR) is 111 cm³/mol. The average molecular weight is 421 g/mol. The van der Waals surface area contributed by atoms with Gasteiger partial charge in [-0.1, -0.05) is 12.5 Å². The van der Waals surface area contributed by atoms with Gasteiger partial charge in [0.05, 0.1) is 13.2 Å². The molecule has 3 fully saturated rings. The molecule has 168 valence electrons. The van der Waals surface area contributed by atoms with E-state index in [4.69, 9.17) is 18.9 Å². The first-order chi connectivity index (χ1) is 14.5. The molecule has 0 aliphatic heterocycles. The Bertz CT molecular complexity index is 687. The van der Waals surface area contributed by atoms with Crippen LogP contribution in [0.3, 0.4) is 0 Å². The molecule has 0 N–H and O–H groups in total. The predicted octanol–water partition coefficient (Wildman–Crippen LogP) is 5.64. The third kappa shape index (κ3) is 3.94. The van der Waals surface area contributed by atoms with Crippen LogP contribution >= 0.6 is 0 Å². The van der Waals surface area contributed by atoms with Crippen molar-refractivity contribution in [2.75, 3.05) is 13.2 Å². The van der Waals surface area contributed by atoms with E-state index >= 15 is 0 Å². The minimum atomic E-state index is -0.557. The second kappa shape index (κ2) is 8.80. The zero-order valence-corrected chi connectivity index (χ0v) is 18.6. The smallest absolute Gasteiger partial charge is 0.435 e. The molecule has 0 saturated heterocycles. The zero-order valence-electron chi connectivity index (χ0n) is 18.6. The van der Waals surface area contributed by atoms with Crippen molar-refractivity contribution in [2.24, 2.45) is 29.1 Å². The quantitative estimate of drug-likeness (QED) is 0.433. The fraction of sp³-hybridized carbons (Fsp3) is 0.833. The molecule has 6 heteroatoms. The van der Waals surface area contributed by atoms with Crippen LogP contribution in [0.15, 0.2) is 11.6 Å². The summed E-state index contributed by atoms with van der Waals surface area (Å²) in [6.45, 7) is 6.63. The number of fused-ring (bicyclic) bond motifs is 5. The van der Waals surface area contributed by atoms with Crippen molar-refractivity contribution in [3.63, 3.8) is 0 Å². The third-order valence-electron chi connectivity index (χ3n) is 8.34. The Morgan fingerprint density at radius 2 is 1.67 bits per heavy atom. The maximum Gasteiger partial charge on any atom is 0.508 e. The van der Waals surface area contributed by atoms with Crippen molar-refractivity contribution < 1.29 is 28.5 Å². The second-order valence-corrected chi connectivity index (χ2v) is 9.65. The third-order valence-corrected chi connectivity index (χ3v) is 8.34. The van der Waals surface area contributed by atoms with E-state index in [-0.39, 0.29) is 17.6 Å². The second-order valence-electron chi connectivity index (χ2n) is 9.65. The molecular formula is C24H36O6. The summed E-state index contributed by atoms with van der Waals surface area (Å²) in [4.78, 5) is 23.6. The maximum absolute atomic E-state index is 11.9. The van der Waals surface area contributed by atoms with E-state index in [9.17, 15) is 9.59 Å². The Balaban J connectivity index is 1.42. The number of rotatable bonds is 4. The van der Waals surface area contributed by atoms with Gasteiger partial charge in [0.2, 0.25) is 0 Å². The van der Waals surface area contributed by atoms with Crippen LogP contribution in [0.25, 0.3) is 0 Å². The SMILES string of the molecule is CCOC(=O)OC1C=C2CC[C@@H]3[C@H](CC[C@]4(C)[C@@H](OC(=O)OCC)CC[C@@H]34)[C@H]2CC1. The van der Waals surface area contributed by atoms with Gasteiger partial charge in [-0.3, -0.25) is 0 Å². The monoisotopic (exact) mass is 420 g/mol. The van der Waals surface area contributed by atoms with Crippen molar-refractivity contribution in [3.8, 4) is 0 Å². The lowest BCUT2D eigenvalue weighted by Gasteiger charge is -2.53. The van der Waals surface area contributed by atoms with E-state index in [1.165, 1.54) is 18.4 Å². The molecule has 6 nitrogen and oxygen atoms in total. The highest BCUT2D eigenvalue weighted by Crippen LogP contribution is 2.62. The summed E-state index contributed by atoms with van der Waals surface area (Å²) >= 11 is 0. The van der Waals surface area contributed by atoms with Crippen LogP contribution in [0, 0.1) is 29.1 Å². The Morgan fingerprint density at radius 3 is 2.40 bits per heavy atom. The van der Waals surface area contributed by atoms with Gasteiger partial charge in [-0.25, -0.2) is 9.59 Å².